The number of carboxylic acid groups (broad SMARTS) is 1. The summed E-state index contributed by atoms with van der Waals surface area (Å²) in [6.07, 6.45) is 1.37. The number of nitrogens with zero attached hydrogens (tertiary/aromatic N) is 1. The number of halogens is 1. The lowest BCUT2D eigenvalue weighted by molar-refractivity contribution is -0.136. The number of pyridine rings is 1. The monoisotopic (exact) mass is 230 g/mol. The summed E-state index contributed by atoms with van der Waals surface area (Å²) < 4.78 is 0.675. The summed E-state index contributed by atoms with van der Waals surface area (Å²) in [5.41, 5.74) is 6.33. The fourth-order valence-corrected chi connectivity index (χ4v) is 1.12. The van der Waals surface area contributed by atoms with Crippen LogP contribution < -0.4 is 5.73 Å². The summed E-state index contributed by atoms with van der Waals surface area (Å²) in [7, 11) is 0. The van der Waals surface area contributed by atoms with Gasteiger partial charge in [0.1, 0.15) is 0 Å². The molecule has 0 spiro atoms. The molecule has 0 amide bonds. The first-order valence-electron chi connectivity index (χ1n) is 3.22. The Morgan fingerprint density at radius 1 is 1.75 bits per heavy atom. The second-order valence-corrected chi connectivity index (χ2v) is 3.08. The first-order valence-corrected chi connectivity index (χ1v) is 4.01. The molecule has 0 saturated carbocycles. The Morgan fingerprint density at radius 3 is 3.00 bits per heavy atom. The molecule has 0 bridgehead atoms. The van der Waals surface area contributed by atoms with E-state index in [0.29, 0.717) is 15.9 Å². The summed E-state index contributed by atoms with van der Waals surface area (Å²) in [4.78, 5) is 14.2. The summed E-state index contributed by atoms with van der Waals surface area (Å²) in [6, 6.07) is 1.67. The SMILES string of the molecule is Nc1c(Br)ccnc1CC(=O)O. The van der Waals surface area contributed by atoms with Crippen LogP contribution in [-0.2, 0) is 11.2 Å². The fraction of sp³-hybridized carbons (Fsp3) is 0.143. The van der Waals surface area contributed by atoms with Crippen LogP contribution in [0.25, 0.3) is 0 Å². The molecule has 1 rings (SSSR count). The number of nitrogens with two attached hydrogens (primary N) is 1. The van der Waals surface area contributed by atoms with Gasteiger partial charge in [-0.15, -0.1) is 0 Å². The first kappa shape index (κ1) is 8.99. The molecular formula is C7H7BrN2O2. The van der Waals surface area contributed by atoms with Crippen molar-refractivity contribution in [2.75, 3.05) is 5.73 Å². The van der Waals surface area contributed by atoms with E-state index >= 15 is 0 Å². The molecule has 1 aromatic rings. The van der Waals surface area contributed by atoms with E-state index in [1.165, 1.54) is 6.20 Å². The molecule has 0 aliphatic heterocycles. The predicted octanol–water partition coefficient (Wildman–Crippen LogP) is 1.05. The molecule has 4 nitrogen and oxygen atoms in total. The number of aliphatic carboxylic acids is 1. The van der Waals surface area contributed by atoms with Crippen molar-refractivity contribution in [1.82, 2.24) is 4.98 Å². The molecule has 0 aliphatic carbocycles. The summed E-state index contributed by atoms with van der Waals surface area (Å²) >= 11 is 3.18. The summed E-state index contributed by atoms with van der Waals surface area (Å²) in [6.45, 7) is 0. The number of carboxylic acids is 1. The lowest BCUT2D eigenvalue weighted by atomic mass is 10.2. The van der Waals surface area contributed by atoms with Gasteiger partial charge in [-0.1, -0.05) is 0 Å². The van der Waals surface area contributed by atoms with E-state index in [4.69, 9.17) is 10.8 Å². The van der Waals surface area contributed by atoms with E-state index < -0.39 is 5.97 Å². The molecule has 5 heteroatoms. The number of hydrogen-bond donors (Lipinski definition) is 2. The normalized spacial score (nSPS) is 9.75. The first-order chi connectivity index (χ1) is 5.61. The molecule has 1 heterocycles. The van der Waals surface area contributed by atoms with E-state index in [1.54, 1.807) is 6.07 Å². The topological polar surface area (TPSA) is 76.2 Å². The maximum atomic E-state index is 10.3. The van der Waals surface area contributed by atoms with Crippen LogP contribution in [0.5, 0.6) is 0 Å². The number of aromatic nitrogens is 1. The molecule has 0 atom stereocenters. The minimum absolute atomic E-state index is 0.148. The van der Waals surface area contributed by atoms with Crippen LogP contribution >= 0.6 is 15.9 Å². The quantitative estimate of drug-likeness (QED) is 0.797. The Bertz CT molecular complexity index is 314. The predicted molar refractivity (Wildman–Crippen MR) is 47.7 cm³/mol. The minimum atomic E-state index is -0.938. The van der Waals surface area contributed by atoms with Gasteiger partial charge in [-0.3, -0.25) is 9.78 Å². The average Bonchev–Trinajstić information content (AvgIpc) is 1.98. The van der Waals surface area contributed by atoms with E-state index in [0.717, 1.165) is 0 Å². The van der Waals surface area contributed by atoms with Gasteiger partial charge in [-0.05, 0) is 22.0 Å². The van der Waals surface area contributed by atoms with Crippen LogP contribution in [0.4, 0.5) is 5.69 Å². The number of anilines is 1. The molecule has 0 radical (unpaired) electrons. The number of rotatable bonds is 2. The highest BCUT2D eigenvalue weighted by Gasteiger charge is 2.07. The summed E-state index contributed by atoms with van der Waals surface area (Å²) in [5.74, 6) is -0.938. The standard InChI is InChI=1S/C7H7BrN2O2/c8-4-1-2-10-5(7(4)9)3-6(11)12/h1-2H,3,9H2,(H,11,12). The Hall–Kier alpha value is -1.10. The van der Waals surface area contributed by atoms with E-state index in [2.05, 4.69) is 20.9 Å². The van der Waals surface area contributed by atoms with E-state index in [1.807, 2.05) is 0 Å². The smallest absolute Gasteiger partial charge is 0.309 e. The van der Waals surface area contributed by atoms with Gasteiger partial charge in [0, 0.05) is 10.7 Å². The largest absolute Gasteiger partial charge is 0.481 e. The lowest BCUT2D eigenvalue weighted by Gasteiger charge is -2.02. The van der Waals surface area contributed by atoms with Gasteiger partial charge >= 0.3 is 5.97 Å². The van der Waals surface area contributed by atoms with Crippen LogP contribution in [0.2, 0.25) is 0 Å². The fourth-order valence-electron chi connectivity index (χ4n) is 0.774. The molecule has 0 unspecified atom stereocenters. The number of nitrogen functional groups attached to an aromatic ring is 1. The highest BCUT2D eigenvalue weighted by atomic mass is 79.9. The van der Waals surface area contributed by atoms with Gasteiger partial charge in [0.05, 0.1) is 17.8 Å². The second-order valence-electron chi connectivity index (χ2n) is 2.22. The molecule has 0 aliphatic rings. The van der Waals surface area contributed by atoms with Crippen molar-refractivity contribution in [3.63, 3.8) is 0 Å². The molecule has 3 N–H and O–H groups in total. The van der Waals surface area contributed by atoms with Crippen molar-refractivity contribution >= 4 is 27.6 Å². The van der Waals surface area contributed by atoms with Crippen LogP contribution in [0, 0.1) is 0 Å². The Labute approximate surface area is 77.5 Å². The molecular weight excluding hydrogens is 224 g/mol. The van der Waals surface area contributed by atoms with Crippen molar-refractivity contribution in [2.45, 2.75) is 6.42 Å². The van der Waals surface area contributed by atoms with Crippen molar-refractivity contribution in [1.29, 1.82) is 0 Å². The minimum Gasteiger partial charge on any atom is -0.481 e. The van der Waals surface area contributed by atoms with Gasteiger partial charge < -0.3 is 10.8 Å². The summed E-state index contributed by atoms with van der Waals surface area (Å²) in [5, 5.41) is 8.47. The highest BCUT2D eigenvalue weighted by Crippen LogP contribution is 2.20. The average molecular weight is 231 g/mol. The van der Waals surface area contributed by atoms with Crippen LogP contribution in [0.1, 0.15) is 5.69 Å². The third-order valence-electron chi connectivity index (χ3n) is 1.34. The molecule has 1 aromatic heterocycles. The zero-order valence-corrected chi connectivity index (χ0v) is 7.71. The van der Waals surface area contributed by atoms with Crippen molar-refractivity contribution in [3.8, 4) is 0 Å². The number of hydrogen-bond acceptors (Lipinski definition) is 3. The molecule has 12 heavy (non-hydrogen) atoms. The number of carbonyl (C=O) groups is 1. The molecule has 64 valence electrons. The second kappa shape index (κ2) is 3.53. The zero-order valence-electron chi connectivity index (χ0n) is 6.12. The van der Waals surface area contributed by atoms with Crippen molar-refractivity contribution in [3.05, 3.63) is 22.4 Å². The van der Waals surface area contributed by atoms with Crippen molar-refractivity contribution < 1.29 is 9.90 Å². The maximum absolute atomic E-state index is 10.3. The van der Waals surface area contributed by atoms with Gasteiger partial charge in [0.15, 0.2) is 0 Å². The Balaban J connectivity index is 3.00. The third kappa shape index (κ3) is 1.94. The van der Waals surface area contributed by atoms with Gasteiger partial charge in [0.2, 0.25) is 0 Å². The maximum Gasteiger partial charge on any atom is 0.309 e. The third-order valence-corrected chi connectivity index (χ3v) is 2.03. The van der Waals surface area contributed by atoms with Crippen LogP contribution in [0.15, 0.2) is 16.7 Å². The van der Waals surface area contributed by atoms with Gasteiger partial charge in [-0.2, -0.15) is 0 Å². The highest BCUT2D eigenvalue weighted by molar-refractivity contribution is 9.10. The Kier molecular flexibility index (Phi) is 2.65. The molecule has 0 fully saturated rings. The lowest BCUT2D eigenvalue weighted by Crippen LogP contribution is -2.06. The molecule has 0 saturated heterocycles. The molecule has 0 aromatic carbocycles. The van der Waals surface area contributed by atoms with Crippen LogP contribution in [-0.4, -0.2) is 16.1 Å². The Morgan fingerprint density at radius 2 is 2.42 bits per heavy atom. The van der Waals surface area contributed by atoms with Gasteiger partial charge in [-0.25, -0.2) is 0 Å². The van der Waals surface area contributed by atoms with Crippen LogP contribution in [0.3, 0.4) is 0 Å². The van der Waals surface area contributed by atoms with Gasteiger partial charge in [0.25, 0.3) is 0 Å². The van der Waals surface area contributed by atoms with E-state index in [9.17, 15) is 4.79 Å². The van der Waals surface area contributed by atoms with E-state index in [-0.39, 0.29) is 6.42 Å². The van der Waals surface area contributed by atoms with Crippen molar-refractivity contribution in [2.24, 2.45) is 0 Å². The zero-order chi connectivity index (χ0) is 9.14.